The smallest absolute Gasteiger partial charge is 0.317 e. The van der Waals surface area contributed by atoms with Crippen molar-refractivity contribution in [1.82, 2.24) is 10.2 Å². The molecule has 6 nitrogen and oxygen atoms in total. The molecule has 0 aliphatic carbocycles. The van der Waals surface area contributed by atoms with Crippen molar-refractivity contribution in [2.75, 3.05) is 27.3 Å². The lowest BCUT2D eigenvalue weighted by Crippen LogP contribution is -2.49. The minimum Gasteiger partial charge on any atom is -0.481 e. The molecule has 0 aromatic rings. The summed E-state index contributed by atoms with van der Waals surface area (Å²) in [5, 5.41) is 12.0. The number of carbonyl (C=O) groups excluding carboxylic acids is 1. The molecule has 0 aliphatic rings. The minimum absolute atomic E-state index is 0.0625. The Kier molecular flexibility index (Phi) is 7.44. The van der Waals surface area contributed by atoms with Gasteiger partial charge < -0.3 is 20.1 Å². The second-order valence-electron chi connectivity index (χ2n) is 4.87. The van der Waals surface area contributed by atoms with Gasteiger partial charge in [-0.2, -0.15) is 0 Å². The number of nitrogens with zero attached hydrogens (tertiary/aromatic N) is 1. The highest BCUT2D eigenvalue weighted by molar-refractivity contribution is 5.78. The van der Waals surface area contributed by atoms with Crippen LogP contribution in [-0.4, -0.2) is 55.4 Å². The number of amides is 2. The third kappa shape index (κ3) is 4.70. The topological polar surface area (TPSA) is 78.9 Å². The van der Waals surface area contributed by atoms with Crippen LogP contribution < -0.4 is 5.32 Å². The first-order valence-electron chi connectivity index (χ1n) is 6.57. The molecule has 19 heavy (non-hydrogen) atoms. The van der Waals surface area contributed by atoms with Gasteiger partial charge in [-0.1, -0.05) is 13.8 Å². The molecule has 2 amide bonds. The van der Waals surface area contributed by atoms with E-state index in [0.717, 1.165) is 0 Å². The molecule has 1 atom stereocenters. The quantitative estimate of drug-likeness (QED) is 0.704. The van der Waals surface area contributed by atoms with Crippen molar-refractivity contribution in [3.05, 3.63) is 0 Å². The Labute approximate surface area is 115 Å². The summed E-state index contributed by atoms with van der Waals surface area (Å²) in [6.45, 7) is 6.09. The molecule has 1 unspecified atom stereocenters. The molecule has 0 spiro atoms. The van der Waals surface area contributed by atoms with Crippen molar-refractivity contribution in [3.8, 4) is 0 Å². The van der Waals surface area contributed by atoms with E-state index in [1.54, 1.807) is 14.2 Å². The van der Waals surface area contributed by atoms with E-state index in [1.165, 1.54) is 4.90 Å². The van der Waals surface area contributed by atoms with Gasteiger partial charge in [0.1, 0.15) is 0 Å². The molecule has 0 radical (unpaired) electrons. The van der Waals surface area contributed by atoms with Gasteiger partial charge in [0.2, 0.25) is 0 Å². The SMILES string of the molecule is CCC(CC)(CNC(=O)N(C)C(C)COC)C(=O)O. The Balaban J connectivity index is 4.53. The fourth-order valence-electron chi connectivity index (χ4n) is 1.80. The first-order valence-corrected chi connectivity index (χ1v) is 6.57. The van der Waals surface area contributed by atoms with Gasteiger partial charge in [0.15, 0.2) is 0 Å². The summed E-state index contributed by atoms with van der Waals surface area (Å²) >= 11 is 0. The van der Waals surface area contributed by atoms with Crippen LogP contribution in [0.1, 0.15) is 33.6 Å². The molecule has 0 aromatic carbocycles. The van der Waals surface area contributed by atoms with Gasteiger partial charge in [0.25, 0.3) is 0 Å². The molecule has 0 heterocycles. The van der Waals surface area contributed by atoms with Crippen molar-refractivity contribution in [2.45, 2.75) is 39.7 Å². The molecule has 0 aliphatic heterocycles. The number of methoxy groups -OCH3 is 1. The predicted molar refractivity (Wildman–Crippen MR) is 73.2 cm³/mol. The van der Waals surface area contributed by atoms with Crippen LogP contribution in [0.25, 0.3) is 0 Å². The molecule has 0 rings (SSSR count). The molecule has 0 aromatic heterocycles. The average molecular weight is 274 g/mol. The molecule has 0 fully saturated rings. The molecule has 0 saturated heterocycles. The largest absolute Gasteiger partial charge is 0.481 e. The third-order valence-electron chi connectivity index (χ3n) is 3.77. The standard InChI is InChI=1S/C13H26N2O4/c1-6-13(7-2,11(16)17)9-14-12(18)15(4)10(3)8-19-5/h10H,6-9H2,1-5H3,(H,14,18)(H,16,17). The van der Waals surface area contributed by atoms with Crippen molar-refractivity contribution < 1.29 is 19.4 Å². The van der Waals surface area contributed by atoms with E-state index in [1.807, 2.05) is 20.8 Å². The lowest BCUT2D eigenvalue weighted by molar-refractivity contribution is -0.149. The fourth-order valence-corrected chi connectivity index (χ4v) is 1.80. The van der Waals surface area contributed by atoms with Crippen LogP contribution in [0.3, 0.4) is 0 Å². The van der Waals surface area contributed by atoms with Gasteiger partial charge in [-0.05, 0) is 19.8 Å². The Hall–Kier alpha value is -1.30. The number of urea groups is 1. The number of aliphatic carboxylic acids is 1. The molecule has 112 valence electrons. The number of hydrogen-bond acceptors (Lipinski definition) is 3. The number of ether oxygens (including phenoxy) is 1. The van der Waals surface area contributed by atoms with E-state index in [9.17, 15) is 14.7 Å². The molecule has 0 bridgehead atoms. The summed E-state index contributed by atoms with van der Waals surface area (Å²) in [5.41, 5.74) is -0.888. The Morgan fingerprint density at radius 3 is 2.26 bits per heavy atom. The monoisotopic (exact) mass is 274 g/mol. The van der Waals surface area contributed by atoms with Crippen molar-refractivity contribution in [2.24, 2.45) is 5.41 Å². The minimum atomic E-state index is -0.888. The van der Waals surface area contributed by atoms with Crippen LogP contribution in [0.5, 0.6) is 0 Å². The summed E-state index contributed by atoms with van der Waals surface area (Å²) in [6, 6.07) is -0.343. The maximum absolute atomic E-state index is 11.9. The second kappa shape index (κ2) is 7.99. The number of nitrogens with one attached hydrogen (secondary N) is 1. The molecule has 6 heteroatoms. The van der Waals surface area contributed by atoms with Gasteiger partial charge in [-0.3, -0.25) is 4.79 Å². The highest BCUT2D eigenvalue weighted by Crippen LogP contribution is 2.25. The van der Waals surface area contributed by atoms with Gasteiger partial charge in [0, 0.05) is 20.7 Å². The molecule has 2 N–H and O–H groups in total. The summed E-state index contributed by atoms with van der Waals surface area (Å²) in [4.78, 5) is 24.8. The lowest BCUT2D eigenvalue weighted by Gasteiger charge is -2.30. The first kappa shape index (κ1) is 17.7. The van der Waals surface area contributed by atoms with Crippen LogP contribution in [0, 0.1) is 5.41 Å². The maximum Gasteiger partial charge on any atom is 0.317 e. The summed E-state index contributed by atoms with van der Waals surface area (Å²) in [5.74, 6) is -0.870. The predicted octanol–water partition coefficient (Wildman–Crippen LogP) is 1.55. The Morgan fingerprint density at radius 1 is 1.37 bits per heavy atom. The van der Waals surface area contributed by atoms with Crippen molar-refractivity contribution in [3.63, 3.8) is 0 Å². The van der Waals surface area contributed by atoms with Gasteiger partial charge in [0.05, 0.1) is 18.1 Å². The second-order valence-corrected chi connectivity index (χ2v) is 4.87. The first-order chi connectivity index (χ1) is 8.84. The molecular formula is C13H26N2O4. The maximum atomic E-state index is 11.9. The van der Waals surface area contributed by atoms with E-state index >= 15 is 0 Å². The summed E-state index contributed by atoms with van der Waals surface area (Å²) in [6.07, 6.45) is 0.965. The van der Waals surface area contributed by atoms with Crippen LogP contribution in [0.2, 0.25) is 0 Å². The van der Waals surface area contributed by atoms with Crippen LogP contribution in [0.15, 0.2) is 0 Å². The number of hydrogen-bond donors (Lipinski definition) is 2. The number of carbonyl (C=O) groups is 2. The number of likely N-dealkylation sites (N-methyl/N-ethyl adjacent to an activating group) is 1. The fraction of sp³-hybridized carbons (Fsp3) is 0.846. The van der Waals surface area contributed by atoms with Gasteiger partial charge in [-0.25, -0.2) is 4.79 Å². The van der Waals surface area contributed by atoms with Crippen LogP contribution >= 0.6 is 0 Å². The zero-order valence-corrected chi connectivity index (χ0v) is 12.5. The zero-order valence-electron chi connectivity index (χ0n) is 12.5. The summed E-state index contributed by atoms with van der Waals surface area (Å²) < 4.78 is 4.99. The molecule has 0 saturated carbocycles. The van der Waals surface area contributed by atoms with E-state index < -0.39 is 11.4 Å². The average Bonchev–Trinajstić information content (AvgIpc) is 2.39. The lowest BCUT2D eigenvalue weighted by atomic mass is 9.82. The van der Waals surface area contributed by atoms with Crippen LogP contribution in [-0.2, 0) is 9.53 Å². The highest BCUT2D eigenvalue weighted by Gasteiger charge is 2.35. The summed E-state index contributed by atoms with van der Waals surface area (Å²) in [7, 11) is 3.24. The van der Waals surface area contributed by atoms with E-state index in [2.05, 4.69) is 5.32 Å². The highest BCUT2D eigenvalue weighted by atomic mass is 16.5. The van der Waals surface area contributed by atoms with Gasteiger partial charge in [-0.15, -0.1) is 0 Å². The Morgan fingerprint density at radius 2 is 1.89 bits per heavy atom. The Bertz CT molecular complexity index is 303. The third-order valence-corrected chi connectivity index (χ3v) is 3.77. The van der Waals surface area contributed by atoms with E-state index in [0.29, 0.717) is 19.4 Å². The van der Waals surface area contributed by atoms with Crippen molar-refractivity contribution in [1.29, 1.82) is 0 Å². The number of carboxylic acids is 1. The van der Waals surface area contributed by atoms with Crippen molar-refractivity contribution >= 4 is 12.0 Å². The zero-order chi connectivity index (χ0) is 15.1. The van der Waals surface area contributed by atoms with Gasteiger partial charge >= 0.3 is 12.0 Å². The van der Waals surface area contributed by atoms with E-state index in [4.69, 9.17) is 4.74 Å². The van der Waals surface area contributed by atoms with E-state index in [-0.39, 0.29) is 18.6 Å². The normalized spacial score (nSPS) is 12.9. The molecular weight excluding hydrogens is 248 g/mol. The number of carboxylic acid groups (broad SMARTS) is 1. The van der Waals surface area contributed by atoms with Crippen LogP contribution in [0.4, 0.5) is 4.79 Å². The number of rotatable bonds is 8.